The van der Waals surface area contributed by atoms with E-state index in [1.54, 1.807) is 17.0 Å². The van der Waals surface area contributed by atoms with Gasteiger partial charge in [0.1, 0.15) is 11.8 Å². The number of hydrogen-bond acceptors (Lipinski definition) is 3. The highest BCUT2D eigenvalue weighted by Gasteiger charge is 2.31. The van der Waals surface area contributed by atoms with Crippen LogP contribution in [0.25, 0.3) is 10.9 Å². The van der Waals surface area contributed by atoms with Gasteiger partial charge in [-0.05, 0) is 43.0 Å². The molecule has 1 saturated heterocycles. The zero-order valence-corrected chi connectivity index (χ0v) is 15.5. The summed E-state index contributed by atoms with van der Waals surface area (Å²) < 4.78 is 0. The van der Waals surface area contributed by atoms with E-state index in [1.807, 2.05) is 19.2 Å². The summed E-state index contributed by atoms with van der Waals surface area (Å²) >= 11 is 0. The lowest BCUT2D eigenvalue weighted by atomic mass is 9.99. The molecule has 130 valence electrons. The topological polar surface area (TPSA) is 80.1 Å². The van der Waals surface area contributed by atoms with Crippen LogP contribution in [0, 0.1) is 17.2 Å². The van der Waals surface area contributed by atoms with E-state index < -0.39 is 0 Å². The lowest BCUT2D eigenvalue weighted by molar-refractivity contribution is -0.134. The molecule has 1 aromatic carbocycles. The van der Waals surface area contributed by atoms with Gasteiger partial charge in [-0.2, -0.15) is 32.3 Å². The fourth-order valence-corrected chi connectivity index (χ4v) is 3.20. The number of phenolic OH excluding ortho intramolecular Hbond substituents is 1. The number of likely N-dealkylation sites (tertiary alicyclic amines) is 1. The van der Waals surface area contributed by atoms with Gasteiger partial charge in [0.25, 0.3) is 0 Å². The highest BCUT2D eigenvalue weighted by molar-refractivity contribution is 7.59. The van der Waals surface area contributed by atoms with Crippen molar-refractivity contribution in [3.63, 3.8) is 0 Å². The fourth-order valence-electron chi connectivity index (χ4n) is 3.20. The summed E-state index contributed by atoms with van der Waals surface area (Å²) in [5, 5.41) is 19.7. The molecule has 1 fully saturated rings. The highest BCUT2D eigenvalue weighted by Crippen LogP contribution is 2.26. The summed E-state index contributed by atoms with van der Waals surface area (Å²) in [6, 6.07) is 7.11. The third kappa shape index (κ3) is 3.82. The van der Waals surface area contributed by atoms with Gasteiger partial charge in [-0.25, -0.2) is 0 Å². The van der Waals surface area contributed by atoms with Crippen LogP contribution in [0.4, 0.5) is 0 Å². The van der Waals surface area contributed by atoms with Crippen molar-refractivity contribution in [3.05, 3.63) is 30.0 Å². The van der Waals surface area contributed by atoms with Crippen LogP contribution in [-0.4, -0.2) is 33.5 Å². The number of nitrogens with one attached hydrogen (secondary N) is 1. The number of rotatable bonds is 3. The smallest absolute Gasteiger partial charge is 0.226 e. The molecule has 2 heterocycles. The molecule has 2 N–H and O–H groups in total. The number of amides is 1. The van der Waals surface area contributed by atoms with Crippen LogP contribution in [0.2, 0.25) is 0 Å². The number of carbonyl (C=O) groups excluding carboxylic acids is 1. The van der Waals surface area contributed by atoms with Gasteiger partial charge in [0.2, 0.25) is 5.91 Å². The van der Waals surface area contributed by atoms with Crippen molar-refractivity contribution >= 4 is 43.8 Å². The van der Waals surface area contributed by atoms with E-state index in [-0.39, 0.29) is 50.6 Å². The third-order valence-corrected chi connectivity index (χ3v) is 4.38. The highest BCUT2D eigenvalue weighted by atomic mass is 32.1. The summed E-state index contributed by atoms with van der Waals surface area (Å²) in [6.45, 7) is 2.58. The van der Waals surface area contributed by atoms with Crippen molar-refractivity contribution in [2.24, 2.45) is 5.92 Å². The first-order valence-electron chi connectivity index (χ1n) is 7.59. The Morgan fingerprint density at radius 3 is 2.96 bits per heavy atom. The van der Waals surface area contributed by atoms with Crippen molar-refractivity contribution < 1.29 is 9.90 Å². The van der Waals surface area contributed by atoms with Gasteiger partial charge in [-0.3, -0.25) is 4.79 Å². The molecular weight excluding hydrogens is 342 g/mol. The van der Waals surface area contributed by atoms with Crippen LogP contribution in [0.3, 0.4) is 0 Å². The van der Waals surface area contributed by atoms with E-state index in [0.717, 1.165) is 29.3 Å². The zero-order valence-electron chi connectivity index (χ0n) is 13.5. The largest absolute Gasteiger partial charge is 0.508 e. The maximum absolute atomic E-state index is 12.6. The first-order valence-corrected chi connectivity index (χ1v) is 7.59. The van der Waals surface area contributed by atoms with Gasteiger partial charge in [0.15, 0.2) is 0 Å². The molecule has 0 saturated carbocycles. The lowest BCUT2D eigenvalue weighted by Crippen LogP contribution is -2.38. The molecule has 1 amide bonds. The van der Waals surface area contributed by atoms with Crippen molar-refractivity contribution in [1.29, 1.82) is 5.26 Å². The average Bonchev–Trinajstić information content (AvgIpc) is 3.13. The summed E-state index contributed by atoms with van der Waals surface area (Å²) in [6.07, 6.45) is 4.16. The molecular formula is C17H23N3O2S2. The van der Waals surface area contributed by atoms with Crippen LogP contribution in [0.15, 0.2) is 24.4 Å². The lowest BCUT2D eigenvalue weighted by Gasteiger charge is -2.23. The molecule has 0 bridgehead atoms. The Bertz CT molecular complexity index is 754. The summed E-state index contributed by atoms with van der Waals surface area (Å²) in [7, 11) is 0. The standard InChI is InChI=1S/C17H19N3O2.2H2S/c1-11(17(22)20-6-2-3-13(20)9-18)7-12-10-19-16-5-4-14(21)8-15(12)16;;/h4-5,8,10-11,13,19,21H,2-3,6-7H2,1H3;2*1H2/t11-,13-;;/m0../s1. The van der Waals surface area contributed by atoms with E-state index >= 15 is 0 Å². The van der Waals surface area contributed by atoms with Gasteiger partial charge in [-0.15, -0.1) is 0 Å². The number of carbonyl (C=O) groups is 1. The molecule has 5 nitrogen and oxygen atoms in total. The van der Waals surface area contributed by atoms with Crippen LogP contribution in [-0.2, 0) is 11.2 Å². The second kappa shape index (κ2) is 8.36. The maximum Gasteiger partial charge on any atom is 0.226 e. The second-order valence-electron chi connectivity index (χ2n) is 5.97. The minimum Gasteiger partial charge on any atom is -0.508 e. The molecule has 3 rings (SSSR count). The second-order valence-corrected chi connectivity index (χ2v) is 5.97. The van der Waals surface area contributed by atoms with E-state index in [1.165, 1.54) is 0 Å². The van der Waals surface area contributed by atoms with Crippen LogP contribution >= 0.6 is 27.0 Å². The predicted octanol–water partition coefficient (Wildman–Crippen LogP) is 2.79. The Morgan fingerprint density at radius 2 is 2.25 bits per heavy atom. The normalized spacial score (nSPS) is 17.7. The van der Waals surface area contributed by atoms with Crippen LogP contribution in [0.1, 0.15) is 25.3 Å². The predicted molar refractivity (Wildman–Crippen MR) is 104 cm³/mol. The van der Waals surface area contributed by atoms with E-state index in [0.29, 0.717) is 13.0 Å². The van der Waals surface area contributed by atoms with Crippen molar-refractivity contribution in [1.82, 2.24) is 9.88 Å². The molecule has 2 atom stereocenters. The first kappa shape index (κ1) is 20.3. The number of aromatic hydroxyl groups is 1. The number of aromatic nitrogens is 1. The SMILES string of the molecule is C[C@@H](Cc1c[nH]c2ccc(O)cc12)C(=O)N1CCC[C@H]1C#N.S.S. The molecule has 24 heavy (non-hydrogen) atoms. The molecule has 1 aliphatic heterocycles. The number of aromatic amines is 1. The quantitative estimate of drug-likeness (QED) is 0.878. The molecule has 0 spiro atoms. The third-order valence-electron chi connectivity index (χ3n) is 4.38. The van der Waals surface area contributed by atoms with Gasteiger partial charge >= 0.3 is 0 Å². The minimum atomic E-state index is -0.276. The number of hydrogen-bond donors (Lipinski definition) is 2. The number of phenols is 1. The minimum absolute atomic E-state index is 0. The van der Waals surface area contributed by atoms with Gasteiger partial charge in [0, 0.05) is 29.6 Å². The monoisotopic (exact) mass is 365 g/mol. The Labute approximate surface area is 155 Å². The average molecular weight is 366 g/mol. The molecule has 0 unspecified atom stereocenters. The Balaban J connectivity index is 0.00000144. The molecule has 0 aliphatic carbocycles. The van der Waals surface area contributed by atoms with Crippen LogP contribution in [0.5, 0.6) is 5.75 Å². The summed E-state index contributed by atoms with van der Waals surface area (Å²) in [5.41, 5.74) is 1.96. The number of H-pyrrole nitrogens is 1. The number of nitriles is 1. The van der Waals surface area contributed by atoms with Gasteiger partial charge in [-0.1, -0.05) is 6.92 Å². The van der Waals surface area contributed by atoms with Gasteiger partial charge in [0.05, 0.1) is 6.07 Å². The van der Waals surface area contributed by atoms with E-state index in [4.69, 9.17) is 5.26 Å². The van der Waals surface area contributed by atoms with Gasteiger partial charge < -0.3 is 15.0 Å². The fraction of sp³-hybridized carbons (Fsp3) is 0.412. The Kier molecular flexibility index (Phi) is 7.06. The van der Waals surface area contributed by atoms with E-state index in [9.17, 15) is 9.90 Å². The van der Waals surface area contributed by atoms with E-state index in [2.05, 4.69) is 11.1 Å². The van der Waals surface area contributed by atoms with Crippen LogP contribution < -0.4 is 0 Å². The number of nitrogens with zero attached hydrogens (tertiary/aromatic N) is 2. The summed E-state index contributed by atoms with van der Waals surface area (Å²) in [4.78, 5) is 17.4. The van der Waals surface area contributed by atoms with Crippen molar-refractivity contribution in [2.75, 3.05) is 6.54 Å². The maximum atomic E-state index is 12.6. The number of fused-ring (bicyclic) bond motifs is 1. The first-order chi connectivity index (χ1) is 10.6. The molecule has 7 heteroatoms. The Morgan fingerprint density at radius 1 is 1.50 bits per heavy atom. The number of benzene rings is 1. The molecule has 1 aliphatic rings. The van der Waals surface area contributed by atoms with Crippen molar-refractivity contribution in [3.8, 4) is 11.8 Å². The molecule has 1 aromatic heterocycles. The zero-order chi connectivity index (χ0) is 15.7. The van der Waals surface area contributed by atoms with Crippen molar-refractivity contribution in [2.45, 2.75) is 32.2 Å². The molecule has 0 radical (unpaired) electrons. The molecule has 2 aromatic rings. The Hall–Kier alpha value is -1.78. The summed E-state index contributed by atoms with van der Waals surface area (Å²) in [5.74, 6) is 0.0743.